The van der Waals surface area contributed by atoms with Crippen molar-refractivity contribution >= 4 is 11.9 Å². The maximum Gasteiger partial charge on any atom is 0.416 e. The summed E-state index contributed by atoms with van der Waals surface area (Å²) >= 11 is 0. The Balaban J connectivity index is 1.93. The summed E-state index contributed by atoms with van der Waals surface area (Å²) in [7, 11) is 0. The van der Waals surface area contributed by atoms with Crippen LogP contribution in [0.3, 0.4) is 0 Å². The average molecular weight is 413 g/mol. The summed E-state index contributed by atoms with van der Waals surface area (Å²) in [4.78, 5) is 27.5. The van der Waals surface area contributed by atoms with Gasteiger partial charge in [-0.2, -0.15) is 18.2 Å². The largest absolute Gasteiger partial charge is 0.451 e. The van der Waals surface area contributed by atoms with E-state index in [9.17, 15) is 22.8 Å². The van der Waals surface area contributed by atoms with Crippen LogP contribution in [0.1, 0.15) is 51.2 Å². The summed E-state index contributed by atoms with van der Waals surface area (Å²) in [6.07, 6.45) is -4.41. The molecule has 0 saturated carbocycles. The van der Waals surface area contributed by atoms with Gasteiger partial charge in [-0.3, -0.25) is 9.59 Å². The summed E-state index contributed by atoms with van der Waals surface area (Å²) < 4.78 is 48.6. The van der Waals surface area contributed by atoms with E-state index >= 15 is 0 Å². The number of nitrogens with zero attached hydrogens (tertiary/aromatic N) is 2. The zero-order chi connectivity index (χ0) is 21.6. The molecule has 29 heavy (non-hydrogen) atoms. The maximum absolute atomic E-state index is 12.8. The summed E-state index contributed by atoms with van der Waals surface area (Å²) in [6.45, 7) is 5.14. The third kappa shape index (κ3) is 6.88. The highest BCUT2D eigenvalue weighted by Crippen LogP contribution is 2.31. The molecule has 1 atom stereocenters. The molecule has 0 aliphatic rings. The minimum atomic E-state index is -4.50. The van der Waals surface area contributed by atoms with E-state index in [1.807, 2.05) is 13.8 Å². The fourth-order valence-electron chi connectivity index (χ4n) is 2.32. The number of hydrogen-bond donors (Lipinski definition) is 1. The van der Waals surface area contributed by atoms with E-state index in [0.717, 1.165) is 12.1 Å². The van der Waals surface area contributed by atoms with E-state index in [-0.39, 0.29) is 29.7 Å². The molecule has 2 rings (SSSR count). The molecule has 7 nitrogen and oxygen atoms in total. The Hall–Kier alpha value is -2.91. The number of hydrogen-bond acceptors (Lipinski definition) is 6. The third-order valence-corrected chi connectivity index (χ3v) is 3.92. The first-order valence-electron chi connectivity index (χ1n) is 9.03. The predicted molar refractivity (Wildman–Crippen MR) is 96.3 cm³/mol. The standard InChI is InChI=1S/C19H22F3N3O4/c1-11(2)7-8-15(26)23-10-16(27)28-12(3)18-24-17(25-29-18)13-5-4-6-14(9-13)19(20,21)22/h4-6,9,11-12H,7-8,10H2,1-3H3,(H,23,26). The molecule has 1 aromatic carbocycles. The third-order valence-electron chi connectivity index (χ3n) is 3.92. The van der Waals surface area contributed by atoms with Crippen LogP contribution in [0, 0.1) is 5.92 Å². The van der Waals surface area contributed by atoms with Crippen molar-refractivity contribution in [2.75, 3.05) is 6.54 Å². The molecule has 10 heteroatoms. The Kier molecular flexibility index (Phi) is 7.35. The fourth-order valence-corrected chi connectivity index (χ4v) is 2.32. The van der Waals surface area contributed by atoms with Gasteiger partial charge in [0.1, 0.15) is 6.54 Å². The van der Waals surface area contributed by atoms with E-state index < -0.39 is 23.8 Å². The number of alkyl halides is 3. The van der Waals surface area contributed by atoms with Crippen molar-refractivity contribution in [3.05, 3.63) is 35.7 Å². The normalized spacial score (nSPS) is 12.7. The van der Waals surface area contributed by atoms with Crippen LogP contribution in [-0.2, 0) is 20.5 Å². The maximum atomic E-state index is 12.8. The molecule has 1 aromatic heterocycles. The lowest BCUT2D eigenvalue weighted by molar-refractivity contribution is -0.149. The lowest BCUT2D eigenvalue weighted by Gasteiger charge is -2.10. The Morgan fingerprint density at radius 3 is 2.62 bits per heavy atom. The van der Waals surface area contributed by atoms with Gasteiger partial charge in [-0.1, -0.05) is 31.1 Å². The first kappa shape index (κ1) is 22.4. The highest BCUT2D eigenvalue weighted by atomic mass is 19.4. The molecule has 2 aromatic rings. The molecule has 1 heterocycles. The summed E-state index contributed by atoms with van der Waals surface area (Å²) in [5, 5.41) is 6.10. The molecule has 0 aliphatic carbocycles. The van der Waals surface area contributed by atoms with Gasteiger partial charge in [0.25, 0.3) is 5.89 Å². The zero-order valence-electron chi connectivity index (χ0n) is 16.2. The molecule has 0 spiro atoms. The topological polar surface area (TPSA) is 94.3 Å². The van der Waals surface area contributed by atoms with Crippen LogP contribution in [0.4, 0.5) is 13.2 Å². The number of carbonyl (C=O) groups excluding carboxylic acids is 2. The summed E-state index contributed by atoms with van der Waals surface area (Å²) in [6, 6.07) is 4.48. The molecular formula is C19H22F3N3O4. The van der Waals surface area contributed by atoms with Crippen molar-refractivity contribution in [3.8, 4) is 11.4 Å². The van der Waals surface area contributed by atoms with Gasteiger partial charge in [0, 0.05) is 12.0 Å². The quantitative estimate of drug-likeness (QED) is 0.660. The second kappa shape index (κ2) is 9.53. The van der Waals surface area contributed by atoms with Gasteiger partial charge in [-0.15, -0.1) is 0 Å². The van der Waals surface area contributed by atoms with Gasteiger partial charge in [-0.05, 0) is 31.4 Å². The van der Waals surface area contributed by atoms with Gasteiger partial charge >= 0.3 is 12.1 Å². The number of benzene rings is 1. The number of halogens is 3. The fraction of sp³-hybridized carbons (Fsp3) is 0.474. The van der Waals surface area contributed by atoms with Crippen LogP contribution in [0.2, 0.25) is 0 Å². The molecule has 0 radical (unpaired) electrons. The molecule has 1 unspecified atom stereocenters. The number of aromatic nitrogens is 2. The average Bonchev–Trinajstić information content (AvgIpc) is 3.14. The van der Waals surface area contributed by atoms with Crippen molar-refractivity contribution in [3.63, 3.8) is 0 Å². The van der Waals surface area contributed by atoms with Crippen molar-refractivity contribution in [2.45, 2.75) is 45.9 Å². The molecule has 0 aliphatic heterocycles. The zero-order valence-corrected chi connectivity index (χ0v) is 16.2. The number of carbonyl (C=O) groups is 2. The van der Waals surface area contributed by atoms with E-state index in [1.165, 1.54) is 19.1 Å². The van der Waals surface area contributed by atoms with Crippen LogP contribution >= 0.6 is 0 Å². The smallest absolute Gasteiger partial charge is 0.416 e. The minimum absolute atomic E-state index is 0.0593. The van der Waals surface area contributed by atoms with E-state index in [1.54, 1.807) is 0 Å². The van der Waals surface area contributed by atoms with Gasteiger partial charge < -0.3 is 14.6 Å². The highest BCUT2D eigenvalue weighted by molar-refractivity contribution is 5.81. The monoisotopic (exact) mass is 413 g/mol. The second-order valence-electron chi connectivity index (χ2n) is 6.88. The lowest BCUT2D eigenvalue weighted by Crippen LogP contribution is -2.31. The van der Waals surface area contributed by atoms with Crippen molar-refractivity contribution in [2.24, 2.45) is 5.92 Å². The van der Waals surface area contributed by atoms with E-state index in [4.69, 9.17) is 9.26 Å². The minimum Gasteiger partial charge on any atom is -0.451 e. The Bertz CT molecular complexity index is 849. The summed E-state index contributed by atoms with van der Waals surface area (Å²) in [5.41, 5.74) is -0.722. The highest BCUT2D eigenvalue weighted by Gasteiger charge is 2.31. The van der Waals surface area contributed by atoms with Gasteiger partial charge in [0.2, 0.25) is 11.7 Å². The number of rotatable bonds is 8. The first-order chi connectivity index (χ1) is 13.6. The van der Waals surface area contributed by atoms with Gasteiger partial charge in [0.15, 0.2) is 6.10 Å². The SMILES string of the molecule is CC(C)CCC(=O)NCC(=O)OC(C)c1nc(-c2cccc(C(F)(F)F)c2)no1. The van der Waals surface area contributed by atoms with Crippen LogP contribution in [-0.4, -0.2) is 28.6 Å². The molecule has 0 saturated heterocycles. The first-order valence-corrected chi connectivity index (χ1v) is 9.03. The Morgan fingerprint density at radius 2 is 1.97 bits per heavy atom. The number of amides is 1. The molecule has 158 valence electrons. The molecule has 0 bridgehead atoms. The van der Waals surface area contributed by atoms with Crippen LogP contribution in [0.25, 0.3) is 11.4 Å². The predicted octanol–water partition coefficient (Wildman–Crippen LogP) is 3.91. The molecular weight excluding hydrogens is 391 g/mol. The van der Waals surface area contributed by atoms with Gasteiger partial charge in [0.05, 0.1) is 5.56 Å². The van der Waals surface area contributed by atoms with Crippen molar-refractivity contribution in [1.29, 1.82) is 0 Å². The summed E-state index contributed by atoms with van der Waals surface area (Å²) in [5.74, 6) is -0.716. The van der Waals surface area contributed by atoms with Crippen LogP contribution in [0.15, 0.2) is 28.8 Å². The van der Waals surface area contributed by atoms with E-state index in [2.05, 4.69) is 15.5 Å². The molecule has 1 N–H and O–H groups in total. The van der Waals surface area contributed by atoms with Crippen molar-refractivity contribution in [1.82, 2.24) is 15.5 Å². The van der Waals surface area contributed by atoms with Crippen LogP contribution in [0.5, 0.6) is 0 Å². The number of nitrogens with one attached hydrogen (secondary N) is 1. The molecule has 0 fully saturated rings. The van der Waals surface area contributed by atoms with Gasteiger partial charge in [-0.25, -0.2) is 0 Å². The number of esters is 1. The van der Waals surface area contributed by atoms with E-state index in [0.29, 0.717) is 18.8 Å². The van der Waals surface area contributed by atoms with Crippen molar-refractivity contribution < 1.29 is 32.0 Å². The lowest BCUT2D eigenvalue weighted by atomic mass is 10.1. The van der Waals surface area contributed by atoms with Crippen LogP contribution < -0.4 is 5.32 Å². The molecule has 1 amide bonds. The second-order valence-corrected chi connectivity index (χ2v) is 6.88. The number of ether oxygens (including phenoxy) is 1. The Labute approximate surface area is 165 Å². The Morgan fingerprint density at radius 1 is 1.24 bits per heavy atom.